The quantitative estimate of drug-likeness (QED) is 0.855. The molecule has 1 aromatic rings. The molecule has 1 aliphatic rings. The van der Waals surface area contributed by atoms with Crippen molar-refractivity contribution < 1.29 is 0 Å². The monoisotopic (exact) mass is 266 g/mol. The molecular formula is C15H23ClN2. The fourth-order valence-electron chi connectivity index (χ4n) is 2.59. The lowest BCUT2D eigenvalue weighted by molar-refractivity contribution is 0.203. The van der Waals surface area contributed by atoms with Gasteiger partial charge in [-0.3, -0.25) is 4.90 Å². The average Bonchev–Trinajstić information content (AvgIpc) is 3.15. The van der Waals surface area contributed by atoms with Gasteiger partial charge < -0.3 is 5.73 Å². The van der Waals surface area contributed by atoms with E-state index in [2.05, 4.69) is 24.8 Å². The van der Waals surface area contributed by atoms with E-state index in [0.29, 0.717) is 12.6 Å². The Morgan fingerprint density at radius 1 is 1.44 bits per heavy atom. The molecule has 1 aliphatic carbocycles. The van der Waals surface area contributed by atoms with Gasteiger partial charge in [-0.15, -0.1) is 0 Å². The van der Waals surface area contributed by atoms with Crippen LogP contribution >= 0.6 is 11.6 Å². The first kappa shape index (κ1) is 13.9. The lowest BCUT2D eigenvalue weighted by Gasteiger charge is -2.31. The van der Waals surface area contributed by atoms with Gasteiger partial charge in [0.15, 0.2) is 0 Å². The van der Waals surface area contributed by atoms with Gasteiger partial charge in [-0.05, 0) is 55.5 Å². The molecule has 0 aromatic heterocycles. The molecule has 18 heavy (non-hydrogen) atoms. The minimum atomic E-state index is 0.327. The molecule has 1 aromatic carbocycles. The zero-order chi connectivity index (χ0) is 13.1. The van der Waals surface area contributed by atoms with Crippen molar-refractivity contribution in [1.82, 2.24) is 4.90 Å². The van der Waals surface area contributed by atoms with Gasteiger partial charge in [0.1, 0.15) is 0 Å². The van der Waals surface area contributed by atoms with Crippen molar-refractivity contribution in [3.63, 3.8) is 0 Å². The first-order valence-electron chi connectivity index (χ1n) is 6.85. The molecule has 0 saturated heterocycles. The molecule has 1 saturated carbocycles. The lowest BCUT2D eigenvalue weighted by atomic mass is 9.99. The molecule has 2 N–H and O–H groups in total. The summed E-state index contributed by atoms with van der Waals surface area (Å²) in [4.78, 5) is 2.51. The van der Waals surface area contributed by atoms with Crippen molar-refractivity contribution in [2.24, 2.45) is 11.7 Å². The SMILES string of the molecule is CCN(CC1CC1)C(CN)c1ccc(Cl)cc1C. The van der Waals surface area contributed by atoms with E-state index in [-0.39, 0.29) is 0 Å². The predicted molar refractivity (Wildman–Crippen MR) is 78.0 cm³/mol. The summed E-state index contributed by atoms with van der Waals surface area (Å²) >= 11 is 6.03. The van der Waals surface area contributed by atoms with Gasteiger partial charge in [-0.1, -0.05) is 24.6 Å². The second kappa shape index (κ2) is 6.05. The summed E-state index contributed by atoms with van der Waals surface area (Å²) in [5.74, 6) is 0.895. The molecule has 0 spiro atoms. The molecule has 1 unspecified atom stereocenters. The maximum atomic E-state index is 6.03. The van der Waals surface area contributed by atoms with E-state index in [4.69, 9.17) is 17.3 Å². The van der Waals surface area contributed by atoms with Crippen molar-refractivity contribution in [3.8, 4) is 0 Å². The molecule has 0 bridgehead atoms. The van der Waals surface area contributed by atoms with Crippen LogP contribution in [0, 0.1) is 12.8 Å². The molecule has 1 fully saturated rings. The van der Waals surface area contributed by atoms with E-state index >= 15 is 0 Å². The third-order valence-electron chi connectivity index (χ3n) is 3.85. The zero-order valence-electron chi connectivity index (χ0n) is 11.3. The molecule has 0 heterocycles. The van der Waals surface area contributed by atoms with Crippen molar-refractivity contribution in [1.29, 1.82) is 0 Å². The molecule has 100 valence electrons. The average molecular weight is 267 g/mol. The highest BCUT2D eigenvalue weighted by molar-refractivity contribution is 6.30. The molecule has 0 radical (unpaired) electrons. The summed E-state index contributed by atoms with van der Waals surface area (Å²) in [5.41, 5.74) is 8.58. The van der Waals surface area contributed by atoms with Crippen molar-refractivity contribution >= 4 is 11.6 Å². The Balaban J connectivity index is 2.18. The molecule has 0 amide bonds. The number of benzene rings is 1. The fourth-order valence-corrected chi connectivity index (χ4v) is 2.82. The van der Waals surface area contributed by atoms with E-state index < -0.39 is 0 Å². The van der Waals surface area contributed by atoms with Crippen LogP contribution in [0.15, 0.2) is 18.2 Å². The maximum absolute atomic E-state index is 6.03. The van der Waals surface area contributed by atoms with Gasteiger partial charge in [0.25, 0.3) is 0 Å². The van der Waals surface area contributed by atoms with Crippen LogP contribution in [-0.4, -0.2) is 24.5 Å². The van der Waals surface area contributed by atoms with Crippen LogP contribution in [0.1, 0.15) is 36.9 Å². The molecule has 1 atom stereocenters. The maximum Gasteiger partial charge on any atom is 0.0473 e. The standard InChI is InChI=1S/C15H23ClN2/c1-3-18(10-12-4-5-12)15(9-17)14-7-6-13(16)8-11(14)2/h6-8,12,15H,3-5,9-10,17H2,1-2H3. The Labute approximate surface area is 115 Å². The number of hydrogen-bond donors (Lipinski definition) is 1. The summed E-state index contributed by atoms with van der Waals surface area (Å²) < 4.78 is 0. The first-order chi connectivity index (χ1) is 8.65. The zero-order valence-corrected chi connectivity index (χ0v) is 12.1. The Hall–Kier alpha value is -0.570. The fraction of sp³-hybridized carbons (Fsp3) is 0.600. The van der Waals surface area contributed by atoms with E-state index in [9.17, 15) is 0 Å². The highest BCUT2D eigenvalue weighted by Crippen LogP contribution is 2.33. The second-order valence-corrected chi connectivity index (χ2v) is 5.72. The van der Waals surface area contributed by atoms with E-state index in [0.717, 1.165) is 17.5 Å². The largest absolute Gasteiger partial charge is 0.329 e. The molecule has 0 aliphatic heterocycles. The van der Waals surface area contributed by atoms with Crippen LogP contribution in [0.25, 0.3) is 0 Å². The van der Waals surface area contributed by atoms with Gasteiger partial charge >= 0.3 is 0 Å². The third kappa shape index (κ3) is 3.25. The van der Waals surface area contributed by atoms with Crippen molar-refractivity contribution in [2.75, 3.05) is 19.6 Å². The second-order valence-electron chi connectivity index (χ2n) is 5.28. The number of nitrogens with two attached hydrogens (primary N) is 1. The van der Waals surface area contributed by atoms with Crippen LogP contribution in [0.4, 0.5) is 0 Å². The normalized spacial score (nSPS) is 17.2. The van der Waals surface area contributed by atoms with Crippen LogP contribution in [0.5, 0.6) is 0 Å². The summed E-state index contributed by atoms with van der Waals surface area (Å²) in [6, 6.07) is 6.46. The molecule has 2 nitrogen and oxygen atoms in total. The van der Waals surface area contributed by atoms with Gasteiger partial charge in [0.2, 0.25) is 0 Å². The number of aryl methyl sites for hydroxylation is 1. The van der Waals surface area contributed by atoms with E-state index in [1.165, 1.54) is 30.5 Å². The summed E-state index contributed by atoms with van der Waals surface area (Å²) in [5, 5.41) is 0.803. The molecular weight excluding hydrogens is 244 g/mol. The van der Waals surface area contributed by atoms with Crippen LogP contribution in [-0.2, 0) is 0 Å². The minimum Gasteiger partial charge on any atom is -0.329 e. The van der Waals surface area contributed by atoms with E-state index in [1.54, 1.807) is 0 Å². The Morgan fingerprint density at radius 2 is 2.17 bits per heavy atom. The number of hydrogen-bond acceptors (Lipinski definition) is 2. The summed E-state index contributed by atoms with van der Waals surface area (Å²) in [6.07, 6.45) is 2.76. The third-order valence-corrected chi connectivity index (χ3v) is 4.09. The first-order valence-corrected chi connectivity index (χ1v) is 7.23. The number of likely N-dealkylation sites (N-methyl/N-ethyl adjacent to an activating group) is 1. The smallest absolute Gasteiger partial charge is 0.0473 e. The summed E-state index contributed by atoms with van der Waals surface area (Å²) in [7, 11) is 0. The van der Waals surface area contributed by atoms with Gasteiger partial charge in [0.05, 0.1) is 0 Å². The highest BCUT2D eigenvalue weighted by atomic mass is 35.5. The summed E-state index contributed by atoms with van der Waals surface area (Å²) in [6.45, 7) is 7.25. The lowest BCUT2D eigenvalue weighted by Crippen LogP contribution is -2.35. The van der Waals surface area contributed by atoms with Crippen LogP contribution in [0.2, 0.25) is 5.02 Å². The van der Waals surface area contributed by atoms with Gasteiger partial charge in [-0.2, -0.15) is 0 Å². The van der Waals surface area contributed by atoms with E-state index in [1.807, 2.05) is 12.1 Å². The van der Waals surface area contributed by atoms with Crippen LogP contribution in [0.3, 0.4) is 0 Å². The van der Waals surface area contributed by atoms with Gasteiger partial charge in [-0.25, -0.2) is 0 Å². The van der Waals surface area contributed by atoms with Crippen molar-refractivity contribution in [2.45, 2.75) is 32.7 Å². The number of nitrogens with zero attached hydrogens (tertiary/aromatic N) is 1. The topological polar surface area (TPSA) is 29.3 Å². The Bertz CT molecular complexity index is 401. The van der Waals surface area contributed by atoms with Crippen molar-refractivity contribution in [3.05, 3.63) is 34.3 Å². The number of halogens is 1. The molecule has 2 rings (SSSR count). The van der Waals surface area contributed by atoms with Crippen LogP contribution < -0.4 is 5.73 Å². The minimum absolute atomic E-state index is 0.327. The Kier molecular flexibility index (Phi) is 4.66. The number of rotatable bonds is 6. The Morgan fingerprint density at radius 3 is 2.67 bits per heavy atom. The molecule has 3 heteroatoms. The highest BCUT2D eigenvalue weighted by Gasteiger charge is 2.28. The predicted octanol–water partition coefficient (Wildman–Crippen LogP) is 3.38. The van der Waals surface area contributed by atoms with Gasteiger partial charge in [0, 0.05) is 24.2 Å².